The summed E-state index contributed by atoms with van der Waals surface area (Å²) >= 11 is 0. The van der Waals surface area contributed by atoms with E-state index in [1.54, 1.807) is 5.57 Å². The van der Waals surface area contributed by atoms with E-state index in [4.69, 9.17) is 5.73 Å². The van der Waals surface area contributed by atoms with Crippen molar-refractivity contribution < 1.29 is 0 Å². The van der Waals surface area contributed by atoms with Crippen LogP contribution in [0.1, 0.15) is 172 Å². The van der Waals surface area contributed by atoms with E-state index in [-0.39, 0.29) is 10.8 Å². The van der Waals surface area contributed by atoms with Gasteiger partial charge in [-0.05, 0) is 153 Å². The Labute approximate surface area is 366 Å². The Morgan fingerprint density at radius 3 is 1.77 bits per heavy atom. The van der Waals surface area contributed by atoms with Gasteiger partial charge in [0.15, 0.2) is 0 Å². The lowest BCUT2D eigenvalue weighted by molar-refractivity contribution is 0.604. The van der Waals surface area contributed by atoms with Crippen LogP contribution in [0.15, 0.2) is 143 Å². The van der Waals surface area contributed by atoms with Crippen molar-refractivity contribution in [1.82, 2.24) is 0 Å². The highest BCUT2D eigenvalue weighted by atomic mass is 14.6. The number of hydrogen-bond donors (Lipinski definition) is 1. The van der Waals surface area contributed by atoms with Crippen LogP contribution in [-0.4, -0.2) is 0 Å². The molecule has 4 aromatic rings. The third kappa shape index (κ3) is 9.68. The minimum Gasteiger partial charge on any atom is -0.399 e. The van der Waals surface area contributed by atoms with Gasteiger partial charge in [-0.1, -0.05) is 192 Å². The molecule has 0 amide bonds. The van der Waals surface area contributed by atoms with E-state index in [9.17, 15) is 0 Å². The van der Waals surface area contributed by atoms with E-state index >= 15 is 0 Å². The minimum absolute atomic E-state index is 0.0532. The summed E-state index contributed by atoms with van der Waals surface area (Å²) in [6.07, 6.45) is 18.9. The Morgan fingerprint density at radius 1 is 0.600 bits per heavy atom. The number of aryl methyl sites for hydroxylation is 1. The van der Waals surface area contributed by atoms with E-state index in [2.05, 4.69) is 185 Å². The van der Waals surface area contributed by atoms with Gasteiger partial charge in [0.05, 0.1) is 0 Å². The van der Waals surface area contributed by atoms with Gasteiger partial charge in [0, 0.05) is 16.5 Å². The van der Waals surface area contributed by atoms with Crippen LogP contribution >= 0.6 is 0 Å². The monoisotopic (exact) mass is 798 g/mol. The van der Waals surface area contributed by atoms with Crippen LogP contribution in [0.4, 0.5) is 0 Å². The first-order valence-corrected chi connectivity index (χ1v) is 23.0. The standard InChI is InChI=1S/C32H32.C11H16.C7H11N.C7H10.C2H6/c1-19-15-17-27-30(23-12-8-10-14-25(23)32(27,5)6)28(19)21-16-18-26-29(20(21)2)22-11-7-9-13-24(22)31(26,3)4;1-4-10(3)11-7-5-9(2)6-8-11;1-6-4-2-3-5-7(6)8;1-7-5-3-2-4-6-7;1-2/h7-14,16,18H,15,17H2,1-6H3;5-8,10H,4H2,1-3H3;3,5H,2,4,8H2,1H3;2-3,5H,4,6H2,1H3;1-2H3. The van der Waals surface area contributed by atoms with E-state index in [0.29, 0.717) is 5.92 Å². The fraction of sp³-hybridized carbons (Fsp3) is 0.390. The van der Waals surface area contributed by atoms with Gasteiger partial charge in [-0.2, -0.15) is 0 Å². The van der Waals surface area contributed by atoms with Crippen LogP contribution in [0.2, 0.25) is 0 Å². The van der Waals surface area contributed by atoms with Gasteiger partial charge in [0.2, 0.25) is 0 Å². The maximum Gasteiger partial charge on any atom is 0.0299 e. The summed E-state index contributed by atoms with van der Waals surface area (Å²) in [5.41, 5.74) is 30.1. The third-order valence-electron chi connectivity index (χ3n) is 13.6. The Morgan fingerprint density at radius 2 is 1.22 bits per heavy atom. The summed E-state index contributed by atoms with van der Waals surface area (Å²) in [5, 5.41) is 0. The van der Waals surface area contributed by atoms with E-state index < -0.39 is 0 Å². The molecule has 4 aromatic carbocycles. The average Bonchev–Trinajstić information content (AvgIpc) is 3.64. The number of rotatable bonds is 3. The molecular formula is C59H75N. The van der Waals surface area contributed by atoms with Gasteiger partial charge in [-0.3, -0.25) is 0 Å². The van der Waals surface area contributed by atoms with Crippen molar-refractivity contribution in [3.8, 4) is 11.1 Å². The molecule has 1 atom stereocenters. The van der Waals surface area contributed by atoms with Crippen molar-refractivity contribution in [2.45, 2.75) is 152 Å². The van der Waals surface area contributed by atoms with Gasteiger partial charge in [-0.15, -0.1) is 0 Å². The highest BCUT2D eigenvalue weighted by Gasteiger charge is 2.42. The number of fused-ring (bicyclic) bond motifs is 5. The van der Waals surface area contributed by atoms with Gasteiger partial charge >= 0.3 is 0 Å². The van der Waals surface area contributed by atoms with Gasteiger partial charge < -0.3 is 5.73 Å². The van der Waals surface area contributed by atoms with Crippen molar-refractivity contribution in [3.63, 3.8) is 0 Å². The summed E-state index contributed by atoms with van der Waals surface area (Å²) < 4.78 is 0. The van der Waals surface area contributed by atoms with Crippen molar-refractivity contribution in [2.75, 3.05) is 0 Å². The molecule has 1 unspecified atom stereocenters. The lowest BCUT2D eigenvalue weighted by Gasteiger charge is -2.29. The lowest BCUT2D eigenvalue weighted by Crippen LogP contribution is -2.18. The molecule has 2 N–H and O–H groups in total. The zero-order chi connectivity index (χ0) is 43.8. The number of hydrogen-bond acceptors (Lipinski definition) is 1. The van der Waals surface area contributed by atoms with Crippen LogP contribution in [-0.2, 0) is 10.8 Å². The molecule has 1 heteroatoms. The molecule has 0 saturated heterocycles. The average molecular weight is 798 g/mol. The Bertz CT molecular complexity index is 2320. The first-order valence-electron chi connectivity index (χ1n) is 23.0. The first-order chi connectivity index (χ1) is 28.7. The summed E-state index contributed by atoms with van der Waals surface area (Å²) in [7, 11) is 0. The smallest absolute Gasteiger partial charge is 0.0299 e. The molecule has 0 spiro atoms. The van der Waals surface area contributed by atoms with Gasteiger partial charge in [0.1, 0.15) is 0 Å². The van der Waals surface area contributed by atoms with Crippen LogP contribution in [0.5, 0.6) is 0 Å². The highest BCUT2D eigenvalue weighted by molar-refractivity contribution is 6.12. The zero-order valence-electron chi connectivity index (χ0n) is 39.6. The summed E-state index contributed by atoms with van der Waals surface area (Å²) in [6, 6.07) is 31.8. The predicted octanol–water partition coefficient (Wildman–Crippen LogP) is 17.0. The Balaban J connectivity index is 0.000000197. The summed E-state index contributed by atoms with van der Waals surface area (Å²) in [5.74, 6) is 0.704. The van der Waals surface area contributed by atoms with E-state index in [1.165, 1.54) is 109 Å². The third-order valence-corrected chi connectivity index (χ3v) is 13.6. The van der Waals surface area contributed by atoms with Crippen LogP contribution < -0.4 is 5.73 Å². The molecule has 0 saturated carbocycles. The van der Waals surface area contributed by atoms with Crippen molar-refractivity contribution in [3.05, 3.63) is 188 Å². The molecule has 5 aliphatic carbocycles. The molecule has 9 rings (SSSR count). The van der Waals surface area contributed by atoms with Crippen molar-refractivity contribution in [2.24, 2.45) is 5.73 Å². The lowest BCUT2D eigenvalue weighted by atomic mass is 9.74. The number of nitrogens with two attached hydrogens (primary N) is 1. The van der Waals surface area contributed by atoms with E-state index in [0.717, 1.165) is 25.0 Å². The molecule has 316 valence electrons. The largest absolute Gasteiger partial charge is 0.399 e. The second kappa shape index (κ2) is 20.1. The number of benzene rings is 4. The van der Waals surface area contributed by atoms with Crippen LogP contribution in [0.3, 0.4) is 0 Å². The van der Waals surface area contributed by atoms with Crippen LogP contribution in [0, 0.1) is 13.8 Å². The fourth-order valence-corrected chi connectivity index (χ4v) is 9.51. The second-order valence-corrected chi connectivity index (χ2v) is 18.4. The van der Waals surface area contributed by atoms with Gasteiger partial charge in [-0.25, -0.2) is 0 Å². The predicted molar refractivity (Wildman–Crippen MR) is 266 cm³/mol. The Kier molecular flexibility index (Phi) is 15.5. The normalized spacial score (nSPS) is 17.8. The molecule has 0 aromatic heterocycles. The second-order valence-electron chi connectivity index (χ2n) is 18.4. The zero-order valence-corrected chi connectivity index (χ0v) is 39.6. The summed E-state index contributed by atoms with van der Waals surface area (Å²) in [6.45, 7) is 29.2. The molecular weight excluding hydrogens is 723 g/mol. The number of allylic oxidation sites excluding steroid dienone is 11. The van der Waals surface area contributed by atoms with Crippen molar-refractivity contribution >= 4 is 11.1 Å². The maximum absolute atomic E-state index is 5.57. The van der Waals surface area contributed by atoms with Crippen LogP contribution in [0.25, 0.3) is 22.3 Å². The SMILES string of the molecule is CC.CC1=C(N)C=CCC1.CC1=C(c2ccc3c(c2C)-c2ccccc2C3(C)C)C2=C(CC1)C(C)(C)c1ccccc12.CC1=CC=CCC1.CCC(C)c1ccc(C)cc1. The first kappa shape index (κ1) is 46.2. The molecule has 0 heterocycles. The maximum atomic E-state index is 5.57. The highest BCUT2D eigenvalue weighted by Crippen LogP contribution is 2.58. The molecule has 0 fully saturated rings. The quantitative estimate of drug-likeness (QED) is 0.220. The van der Waals surface area contributed by atoms with E-state index in [1.807, 2.05) is 19.9 Å². The molecule has 0 aliphatic heterocycles. The molecule has 0 bridgehead atoms. The molecule has 5 aliphatic rings. The molecule has 1 nitrogen and oxygen atoms in total. The topological polar surface area (TPSA) is 26.0 Å². The molecule has 60 heavy (non-hydrogen) atoms. The van der Waals surface area contributed by atoms with Gasteiger partial charge in [0.25, 0.3) is 0 Å². The fourth-order valence-electron chi connectivity index (χ4n) is 9.51. The minimum atomic E-state index is 0.0532. The molecule has 0 radical (unpaired) electrons. The van der Waals surface area contributed by atoms with Crippen molar-refractivity contribution in [1.29, 1.82) is 0 Å². The Hall–Kier alpha value is -4.88. The summed E-state index contributed by atoms with van der Waals surface area (Å²) in [4.78, 5) is 0.